The molecular formula is C21H30N8O3. The van der Waals surface area contributed by atoms with E-state index in [0.29, 0.717) is 24.5 Å². The third-order valence-corrected chi connectivity index (χ3v) is 4.59. The molecule has 32 heavy (non-hydrogen) atoms. The van der Waals surface area contributed by atoms with E-state index in [-0.39, 0.29) is 29.3 Å². The number of allylic oxidation sites excluding steroid dienone is 2. The number of nitrogens with one attached hydrogen (secondary N) is 1. The van der Waals surface area contributed by atoms with Crippen molar-refractivity contribution in [3.63, 3.8) is 0 Å². The number of amides is 3. The van der Waals surface area contributed by atoms with Crippen molar-refractivity contribution in [3.05, 3.63) is 53.7 Å². The first kappa shape index (κ1) is 24.3. The number of urea groups is 1. The van der Waals surface area contributed by atoms with E-state index in [1.165, 1.54) is 28.8 Å². The molecule has 0 atom stereocenters. The van der Waals surface area contributed by atoms with Crippen LogP contribution in [0.15, 0.2) is 42.4 Å². The van der Waals surface area contributed by atoms with Crippen LogP contribution in [-0.4, -0.2) is 71.3 Å². The highest BCUT2D eigenvalue weighted by Crippen LogP contribution is 2.22. The number of nitrogens with two attached hydrogens (primary N) is 2. The molecule has 11 nitrogen and oxygen atoms in total. The largest absolute Gasteiger partial charge is 0.483 e. The van der Waals surface area contributed by atoms with Crippen molar-refractivity contribution in [3.8, 4) is 11.4 Å². The summed E-state index contributed by atoms with van der Waals surface area (Å²) < 4.78 is 6.33. The van der Waals surface area contributed by atoms with Crippen LogP contribution in [-0.2, 0) is 11.3 Å². The van der Waals surface area contributed by atoms with Crippen LogP contribution in [0.1, 0.15) is 23.0 Å². The second kappa shape index (κ2) is 10.8. The molecule has 0 aliphatic rings. The summed E-state index contributed by atoms with van der Waals surface area (Å²) in [7, 11) is 6.47. The predicted octanol–water partition coefficient (Wildman–Crippen LogP) is 1.01. The Balaban J connectivity index is 2.41. The van der Waals surface area contributed by atoms with Crippen molar-refractivity contribution in [1.29, 1.82) is 0 Å². The van der Waals surface area contributed by atoms with E-state index in [4.69, 9.17) is 16.2 Å². The van der Waals surface area contributed by atoms with E-state index in [0.717, 1.165) is 5.56 Å². The molecule has 2 aromatic rings. The van der Waals surface area contributed by atoms with Gasteiger partial charge in [-0.3, -0.25) is 9.78 Å². The maximum absolute atomic E-state index is 12.6. The van der Waals surface area contributed by atoms with Crippen LogP contribution < -0.4 is 16.8 Å². The van der Waals surface area contributed by atoms with E-state index in [1.807, 2.05) is 13.0 Å². The van der Waals surface area contributed by atoms with Gasteiger partial charge in [-0.25, -0.2) is 9.48 Å². The van der Waals surface area contributed by atoms with Gasteiger partial charge in [-0.15, -0.1) is 0 Å². The van der Waals surface area contributed by atoms with Gasteiger partial charge in [0.2, 0.25) is 0 Å². The smallest absolute Gasteiger partial charge is 0.317 e. The van der Waals surface area contributed by atoms with E-state index < -0.39 is 0 Å². The summed E-state index contributed by atoms with van der Waals surface area (Å²) in [6.45, 7) is 2.74. The van der Waals surface area contributed by atoms with Gasteiger partial charge < -0.3 is 31.3 Å². The fourth-order valence-corrected chi connectivity index (χ4v) is 2.53. The number of pyridine rings is 1. The molecule has 2 aromatic heterocycles. The molecule has 0 fully saturated rings. The van der Waals surface area contributed by atoms with Gasteiger partial charge >= 0.3 is 6.03 Å². The van der Waals surface area contributed by atoms with Gasteiger partial charge in [0.05, 0.1) is 18.5 Å². The lowest BCUT2D eigenvalue weighted by molar-refractivity contribution is 0.0796. The minimum Gasteiger partial charge on any atom is -0.483 e. The van der Waals surface area contributed by atoms with Crippen LogP contribution in [0.25, 0.3) is 17.2 Å². The average Bonchev–Trinajstić information content (AvgIpc) is 3.25. The van der Waals surface area contributed by atoms with Gasteiger partial charge in [-0.1, -0.05) is 6.07 Å². The van der Waals surface area contributed by atoms with E-state index in [9.17, 15) is 9.59 Å². The molecule has 5 N–H and O–H groups in total. The van der Waals surface area contributed by atoms with Gasteiger partial charge in [-0.05, 0) is 30.7 Å². The molecule has 2 rings (SSSR count). The first-order chi connectivity index (χ1) is 15.2. The molecule has 0 unspecified atom stereocenters. The monoisotopic (exact) mass is 442 g/mol. The summed E-state index contributed by atoms with van der Waals surface area (Å²) >= 11 is 0. The maximum atomic E-state index is 12.6. The van der Waals surface area contributed by atoms with Crippen molar-refractivity contribution in [2.75, 3.05) is 34.8 Å². The third kappa shape index (κ3) is 6.00. The highest BCUT2D eigenvalue weighted by atomic mass is 16.5. The Labute approximate surface area is 187 Å². The second-order valence-corrected chi connectivity index (χ2v) is 7.12. The summed E-state index contributed by atoms with van der Waals surface area (Å²) in [5.74, 6) is 0.156. The summed E-state index contributed by atoms with van der Waals surface area (Å²) in [5.41, 5.74) is 14.0. The van der Waals surface area contributed by atoms with Crippen LogP contribution in [0, 0.1) is 0 Å². The standard InChI is InChI=1S/C21H30N8O3/c1-6-28(4)20(30)16-11-17(29(26-16)18(22)9-10-19(23)32-5)15-8-7-14(12-24-15)13-25-21(31)27(2)3/h7-12H,6,13,22-23H2,1-5H3,(H,25,31)/b18-9+,19-10+. The highest BCUT2D eigenvalue weighted by molar-refractivity contribution is 5.93. The molecular weight excluding hydrogens is 412 g/mol. The molecule has 2 heterocycles. The normalized spacial score (nSPS) is 11.8. The number of carbonyl (C=O) groups excluding carboxylic acids is 2. The molecule has 0 saturated carbocycles. The minimum absolute atomic E-state index is 0.172. The average molecular weight is 443 g/mol. The van der Waals surface area contributed by atoms with E-state index in [1.54, 1.807) is 44.4 Å². The molecule has 0 bridgehead atoms. The van der Waals surface area contributed by atoms with Crippen molar-refractivity contribution >= 4 is 17.8 Å². The number of ether oxygens (including phenoxy) is 1. The predicted molar refractivity (Wildman–Crippen MR) is 122 cm³/mol. The van der Waals surface area contributed by atoms with E-state index >= 15 is 0 Å². The zero-order chi connectivity index (χ0) is 23.8. The fraction of sp³-hybridized carbons (Fsp3) is 0.333. The molecule has 3 amide bonds. The van der Waals surface area contributed by atoms with Gasteiger partial charge in [0.25, 0.3) is 5.91 Å². The second-order valence-electron chi connectivity index (χ2n) is 7.12. The Hall–Kier alpha value is -4.02. The number of carbonyl (C=O) groups is 2. The van der Waals surface area contributed by atoms with E-state index in [2.05, 4.69) is 15.4 Å². The topological polar surface area (TPSA) is 145 Å². The third-order valence-electron chi connectivity index (χ3n) is 4.59. The van der Waals surface area contributed by atoms with Gasteiger partial charge in [-0.2, -0.15) is 5.10 Å². The molecule has 0 radical (unpaired) electrons. The summed E-state index contributed by atoms with van der Waals surface area (Å²) in [6.07, 6.45) is 4.66. The number of aromatic nitrogens is 3. The molecule has 0 spiro atoms. The SMILES string of the molecule is CCN(C)C(=O)c1cc(-c2ccc(CNC(=O)N(C)C)cn2)n(/C(N)=C/C=C(\N)OC)n1. The number of nitrogens with zero attached hydrogens (tertiary/aromatic N) is 5. The molecule has 172 valence electrons. The van der Waals surface area contributed by atoms with Crippen LogP contribution in [0.5, 0.6) is 0 Å². The molecule has 0 saturated heterocycles. The summed E-state index contributed by atoms with van der Waals surface area (Å²) in [4.78, 5) is 31.8. The summed E-state index contributed by atoms with van der Waals surface area (Å²) in [6, 6.07) is 5.04. The lowest BCUT2D eigenvalue weighted by Gasteiger charge is -2.12. The Morgan fingerprint density at radius 1 is 1.22 bits per heavy atom. The lowest BCUT2D eigenvalue weighted by Crippen LogP contribution is -2.33. The Morgan fingerprint density at radius 3 is 2.50 bits per heavy atom. The van der Waals surface area contributed by atoms with Crippen LogP contribution in [0.4, 0.5) is 4.79 Å². The first-order valence-corrected chi connectivity index (χ1v) is 9.91. The number of hydrogen-bond donors (Lipinski definition) is 3. The number of methoxy groups -OCH3 is 1. The van der Waals surface area contributed by atoms with Crippen molar-refractivity contribution < 1.29 is 14.3 Å². The van der Waals surface area contributed by atoms with Crippen molar-refractivity contribution in [2.24, 2.45) is 11.5 Å². The quantitative estimate of drug-likeness (QED) is 0.409. The molecule has 11 heteroatoms. The van der Waals surface area contributed by atoms with Crippen LogP contribution in [0.2, 0.25) is 0 Å². The number of rotatable bonds is 8. The minimum atomic E-state index is -0.240. The Morgan fingerprint density at radius 2 is 1.94 bits per heavy atom. The van der Waals surface area contributed by atoms with Crippen molar-refractivity contribution in [2.45, 2.75) is 13.5 Å². The molecule has 0 aromatic carbocycles. The number of hydrogen-bond acceptors (Lipinski definition) is 7. The van der Waals surface area contributed by atoms with Gasteiger partial charge in [0.1, 0.15) is 5.82 Å². The maximum Gasteiger partial charge on any atom is 0.317 e. The Kier molecular flexibility index (Phi) is 8.22. The van der Waals surface area contributed by atoms with Crippen LogP contribution in [0.3, 0.4) is 0 Å². The van der Waals surface area contributed by atoms with Crippen molar-refractivity contribution in [1.82, 2.24) is 29.9 Å². The zero-order valence-electron chi connectivity index (χ0n) is 19.0. The molecule has 0 aliphatic carbocycles. The zero-order valence-corrected chi connectivity index (χ0v) is 19.0. The van der Waals surface area contributed by atoms with Gasteiger partial charge in [0, 0.05) is 46.5 Å². The fourth-order valence-electron chi connectivity index (χ4n) is 2.53. The first-order valence-electron chi connectivity index (χ1n) is 9.91. The Bertz CT molecular complexity index is 1010. The van der Waals surface area contributed by atoms with Gasteiger partial charge in [0.15, 0.2) is 11.6 Å². The van der Waals surface area contributed by atoms with Crippen LogP contribution >= 0.6 is 0 Å². The lowest BCUT2D eigenvalue weighted by atomic mass is 10.2. The highest BCUT2D eigenvalue weighted by Gasteiger charge is 2.20. The molecule has 0 aliphatic heterocycles. The summed E-state index contributed by atoms with van der Waals surface area (Å²) in [5, 5.41) is 7.16.